The second-order valence-corrected chi connectivity index (χ2v) is 9.68. The molecule has 0 aliphatic carbocycles. The van der Waals surface area contributed by atoms with E-state index >= 15 is 0 Å². The van der Waals surface area contributed by atoms with Gasteiger partial charge in [0.1, 0.15) is 19.3 Å². The lowest BCUT2D eigenvalue weighted by Crippen LogP contribution is -2.45. The fourth-order valence-corrected chi connectivity index (χ4v) is 5.40. The number of amides is 2. The Hall–Kier alpha value is -3.11. The minimum absolute atomic E-state index is 0.127. The molecule has 4 rings (SSSR count). The van der Waals surface area contributed by atoms with Gasteiger partial charge in [-0.2, -0.15) is 4.31 Å². The van der Waals surface area contributed by atoms with Crippen molar-refractivity contribution in [1.29, 1.82) is 0 Å². The van der Waals surface area contributed by atoms with E-state index in [0.29, 0.717) is 43.1 Å². The zero-order valence-electron chi connectivity index (χ0n) is 17.4. The summed E-state index contributed by atoms with van der Waals surface area (Å²) in [6, 6.07) is 12.4. The summed E-state index contributed by atoms with van der Waals surface area (Å²) in [5.41, 5.74) is 6.08. The molecular formula is C22H25N3O6S. The Morgan fingerprint density at radius 1 is 1.00 bits per heavy atom. The van der Waals surface area contributed by atoms with E-state index in [4.69, 9.17) is 15.2 Å². The van der Waals surface area contributed by atoms with Crippen molar-refractivity contribution in [3.8, 4) is 11.5 Å². The highest BCUT2D eigenvalue weighted by atomic mass is 32.2. The number of nitrogens with one attached hydrogen (secondary N) is 1. The number of ether oxygens (including phenoxy) is 2. The fraction of sp³-hybridized carbons (Fsp3) is 0.364. The van der Waals surface area contributed by atoms with Gasteiger partial charge in [-0.3, -0.25) is 9.59 Å². The number of sulfonamides is 1. The van der Waals surface area contributed by atoms with Gasteiger partial charge in [0.05, 0.1) is 4.90 Å². The van der Waals surface area contributed by atoms with E-state index < -0.39 is 27.9 Å². The molecule has 2 heterocycles. The number of rotatable bonds is 6. The average molecular weight is 460 g/mol. The number of benzene rings is 2. The minimum atomic E-state index is -3.73. The normalized spacial score (nSPS) is 18.0. The molecule has 2 aliphatic rings. The first-order valence-electron chi connectivity index (χ1n) is 10.4. The van der Waals surface area contributed by atoms with Crippen LogP contribution < -0.4 is 20.5 Å². The van der Waals surface area contributed by atoms with Gasteiger partial charge in [0, 0.05) is 25.1 Å². The van der Waals surface area contributed by atoms with Crippen molar-refractivity contribution in [3.63, 3.8) is 0 Å². The second-order valence-electron chi connectivity index (χ2n) is 7.74. The van der Waals surface area contributed by atoms with Gasteiger partial charge in [0.2, 0.25) is 21.8 Å². The Morgan fingerprint density at radius 3 is 2.31 bits per heavy atom. The molecule has 1 saturated heterocycles. The number of carbonyl (C=O) groups is 2. The van der Waals surface area contributed by atoms with Crippen molar-refractivity contribution >= 4 is 21.8 Å². The highest BCUT2D eigenvalue weighted by molar-refractivity contribution is 7.89. The zero-order valence-corrected chi connectivity index (χ0v) is 18.2. The van der Waals surface area contributed by atoms with Crippen LogP contribution in [0.2, 0.25) is 0 Å². The molecule has 2 aliphatic heterocycles. The van der Waals surface area contributed by atoms with Gasteiger partial charge in [0.25, 0.3) is 0 Å². The lowest BCUT2D eigenvalue weighted by Gasteiger charge is -2.31. The van der Waals surface area contributed by atoms with Crippen LogP contribution in [-0.4, -0.2) is 50.8 Å². The molecule has 32 heavy (non-hydrogen) atoms. The van der Waals surface area contributed by atoms with Gasteiger partial charge < -0.3 is 20.5 Å². The van der Waals surface area contributed by atoms with E-state index in [-0.39, 0.29) is 23.9 Å². The zero-order chi connectivity index (χ0) is 22.7. The minimum Gasteiger partial charge on any atom is -0.486 e. The Bertz CT molecular complexity index is 1100. The largest absolute Gasteiger partial charge is 0.486 e. The van der Waals surface area contributed by atoms with E-state index in [1.54, 1.807) is 36.4 Å². The number of hydrogen-bond donors (Lipinski definition) is 2. The maximum Gasteiger partial charge on any atom is 0.244 e. The molecule has 1 unspecified atom stereocenters. The third-order valence-corrected chi connectivity index (χ3v) is 7.57. The Balaban J connectivity index is 1.40. The van der Waals surface area contributed by atoms with Crippen LogP contribution in [0.3, 0.4) is 0 Å². The van der Waals surface area contributed by atoms with Crippen molar-refractivity contribution in [3.05, 3.63) is 54.1 Å². The van der Waals surface area contributed by atoms with E-state index in [1.165, 1.54) is 16.4 Å². The van der Waals surface area contributed by atoms with Gasteiger partial charge in [-0.05, 0) is 30.5 Å². The number of nitrogens with two attached hydrogens (primary N) is 1. The van der Waals surface area contributed by atoms with Crippen LogP contribution in [0.4, 0.5) is 0 Å². The van der Waals surface area contributed by atoms with Crippen LogP contribution >= 0.6 is 0 Å². The molecule has 2 aromatic rings. The molecule has 2 amide bonds. The van der Waals surface area contributed by atoms with Gasteiger partial charge >= 0.3 is 0 Å². The molecule has 10 heteroatoms. The molecule has 0 saturated carbocycles. The molecule has 1 atom stereocenters. The Kier molecular flexibility index (Phi) is 6.33. The standard InChI is InChI=1S/C22H25N3O6S/c23-21(26)20(15-4-2-1-3-5-15)24-22(27)16-8-10-25(11-9-16)32(28,29)17-6-7-18-19(14-17)31-13-12-30-18/h1-7,14,16,20H,8-13H2,(H2,23,26)(H,24,27). The number of hydrogen-bond acceptors (Lipinski definition) is 6. The monoisotopic (exact) mass is 459 g/mol. The van der Waals surface area contributed by atoms with Crippen LogP contribution in [0.15, 0.2) is 53.4 Å². The van der Waals surface area contributed by atoms with Crippen molar-refractivity contribution in [2.24, 2.45) is 11.7 Å². The van der Waals surface area contributed by atoms with Crippen LogP contribution in [0.5, 0.6) is 11.5 Å². The average Bonchev–Trinajstić information content (AvgIpc) is 2.82. The first kappa shape index (κ1) is 22.1. The van der Waals surface area contributed by atoms with Crippen molar-refractivity contribution < 1.29 is 27.5 Å². The topological polar surface area (TPSA) is 128 Å². The van der Waals surface area contributed by atoms with E-state index in [0.717, 1.165) is 0 Å². The molecule has 0 aromatic heterocycles. The first-order chi connectivity index (χ1) is 15.4. The molecule has 170 valence electrons. The Morgan fingerprint density at radius 2 is 1.66 bits per heavy atom. The smallest absolute Gasteiger partial charge is 0.244 e. The SMILES string of the molecule is NC(=O)C(NC(=O)C1CCN(S(=O)(=O)c2ccc3c(c2)OCCO3)CC1)c1ccccc1. The third kappa shape index (κ3) is 4.56. The van der Waals surface area contributed by atoms with E-state index in [2.05, 4.69) is 5.32 Å². The highest BCUT2D eigenvalue weighted by Crippen LogP contribution is 2.34. The molecule has 3 N–H and O–H groups in total. The van der Waals surface area contributed by atoms with Crippen LogP contribution in [0, 0.1) is 5.92 Å². The molecule has 1 fully saturated rings. The second kappa shape index (κ2) is 9.17. The van der Waals surface area contributed by atoms with Gasteiger partial charge in [-0.1, -0.05) is 30.3 Å². The molecule has 2 aromatic carbocycles. The predicted molar refractivity (Wildman–Crippen MR) is 115 cm³/mol. The van der Waals surface area contributed by atoms with Crippen molar-refractivity contribution in [2.45, 2.75) is 23.8 Å². The summed E-state index contributed by atoms with van der Waals surface area (Å²) in [5, 5.41) is 2.71. The Labute approximate surface area is 186 Å². The number of carbonyl (C=O) groups excluding carboxylic acids is 2. The summed E-state index contributed by atoms with van der Waals surface area (Å²) in [5.74, 6) is -0.442. The number of fused-ring (bicyclic) bond motifs is 1. The molecular weight excluding hydrogens is 434 g/mol. The van der Waals surface area contributed by atoms with Crippen LogP contribution in [0.1, 0.15) is 24.4 Å². The van der Waals surface area contributed by atoms with E-state index in [1.807, 2.05) is 0 Å². The van der Waals surface area contributed by atoms with Gasteiger partial charge in [-0.15, -0.1) is 0 Å². The molecule has 9 nitrogen and oxygen atoms in total. The summed E-state index contributed by atoms with van der Waals surface area (Å²) in [7, 11) is -3.73. The fourth-order valence-electron chi connectivity index (χ4n) is 3.92. The lowest BCUT2D eigenvalue weighted by atomic mass is 9.96. The van der Waals surface area contributed by atoms with Gasteiger partial charge in [-0.25, -0.2) is 8.42 Å². The lowest BCUT2D eigenvalue weighted by molar-refractivity contribution is -0.130. The molecule has 0 spiro atoms. The summed E-state index contributed by atoms with van der Waals surface area (Å²) in [4.78, 5) is 24.7. The number of primary amides is 1. The van der Waals surface area contributed by atoms with Gasteiger partial charge in [0.15, 0.2) is 11.5 Å². The van der Waals surface area contributed by atoms with Crippen molar-refractivity contribution in [2.75, 3.05) is 26.3 Å². The summed E-state index contributed by atoms with van der Waals surface area (Å²) in [6.45, 7) is 1.19. The predicted octanol–water partition coefficient (Wildman–Crippen LogP) is 1.20. The molecule has 0 radical (unpaired) electrons. The van der Waals surface area contributed by atoms with Crippen LogP contribution in [0.25, 0.3) is 0 Å². The first-order valence-corrected chi connectivity index (χ1v) is 11.8. The highest BCUT2D eigenvalue weighted by Gasteiger charge is 2.34. The number of nitrogens with zero attached hydrogens (tertiary/aromatic N) is 1. The molecule has 0 bridgehead atoms. The number of piperidine rings is 1. The van der Waals surface area contributed by atoms with E-state index in [9.17, 15) is 18.0 Å². The van der Waals surface area contributed by atoms with Crippen LogP contribution in [-0.2, 0) is 19.6 Å². The third-order valence-electron chi connectivity index (χ3n) is 5.68. The summed E-state index contributed by atoms with van der Waals surface area (Å²) >= 11 is 0. The maximum absolute atomic E-state index is 13.1. The summed E-state index contributed by atoms with van der Waals surface area (Å²) in [6.07, 6.45) is 0.686. The summed E-state index contributed by atoms with van der Waals surface area (Å²) < 4.78 is 38.4. The maximum atomic E-state index is 13.1. The van der Waals surface area contributed by atoms with Crippen molar-refractivity contribution in [1.82, 2.24) is 9.62 Å². The quantitative estimate of drug-likeness (QED) is 0.668.